The van der Waals surface area contributed by atoms with E-state index in [1.54, 1.807) is 0 Å². The molecule has 0 aromatic heterocycles. The minimum atomic E-state index is -4.75. The Bertz CT molecular complexity index is 807. The van der Waals surface area contributed by atoms with Gasteiger partial charge in [0.25, 0.3) is 0 Å². The lowest BCUT2D eigenvalue weighted by Crippen LogP contribution is -2.29. The molecule has 46 heavy (non-hydrogen) atoms. The second-order valence-electron chi connectivity index (χ2n) is 12.6. The van der Waals surface area contributed by atoms with Crippen molar-refractivity contribution in [2.45, 2.75) is 187 Å². The monoisotopic (exact) mass is 672 g/mol. The van der Waals surface area contributed by atoms with E-state index in [4.69, 9.17) is 19.3 Å². The highest BCUT2D eigenvalue weighted by Gasteiger charge is 2.22. The van der Waals surface area contributed by atoms with Crippen LogP contribution in [0, 0.1) is 0 Å². The molecule has 0 aromatic carbocycles. The lowest BCUT2D eigenvalue weighted by molar-refractivity contribution is -0.161. The first-order valence-electron chi connectivity index (χ1n) is 18.6. The number of unbranched alkanes of at least 4 members (excludes halogenated alkanes) is 20. The maximum absolute atomic E-state index is 12.3. The summed E-state index contributed by atoms with van der Waals surface area (Å²) in [6, 6.07) is 0. The van der Waals surface area contributed by atoms with Gasteiger partial charge in [-0.15, -0.1) is 0 Å². The predicted octanol–water partition coefficient (Wildman–Crippen LogP) is 10.8. The van der Waals surface area contributed by atoms with Crippen molar-refractivity contribution in [2.75, 3.05) is 13.2 Å². The van der Waals surface area contributed by atoms with E-state index in [2.05, 4.69) is 42.7 Å². The molecule has 0 rings (SSSR count). The number of ether oxygens (including phenoxy) is 2. The first-order chi connectivity index (χ1) is 22.3. The minimum Gasteiger partial charge on any atom is -0.462 e. The fraction of sp³-hybridized carbons (Fsp3) is 0.838. The van der Waals surface area contributed by atoms with E-state index in [0.29, 0.717) is 6.42 Å². The van der Waals surface area contributed by atoms with Crippen molar-refractivity contribution in [3.8, 4) is 0 Å². The van der Waals surface area contributed by atoms with Gasteiger partial charge in [-0.2, -0.15) is 0 Å². The molecule has 0 aliphatic carbocycles. The van der Waals surface area contributed by atoms with Crippen LogP contribution in [0.4, 0.5) is 0 Å². The molecule has 1 atom stereocenters. The molecular weight excluding hydrogens is 603 g/mol. The first-order valence-corrected chi connectivity index (χ1v) is 20.2. The van der Waals surface area contributed by atoms with E-state index in [-0.39, 0.29) is 19.4 Å². The summed E-state index contributed by atoms with van der Waals surface area (Å²) in [4.78, 5) is 42.6. The Kier molecular flexibility index (Phi) is 32.4. The maximum Gasteiger partial charge on any atom is 0.469 e. The van der Waals surface area contributed by atoms with E-state index in [1.807, 2.05) is 0 Å². The number of phosphoric acid groups is 1. The third kappa shape index (κ3) is 35.4. The van der Waals surface area contributed by atoms with Crippen LogP contribution >= 0.6 is 7.82 Å². The van der Waals surface area contributed by atoms with Gasteiger partial charge in [0.15, 0.2) is 6.10 Å². The highest BCUT2D eigenvalue weighted by molar-refractivity contribution is 7.46. The van der Waals surface area contributed by atoms with Gasteiger partial charge in [0.2, 0.25) is 0 Å². The lowest BCUT2D eigenvalue weighted by atomic mass is 10.0. The molecule has 8 nitrogen and oxygen atoms in total. The number of allylic oxidation sites excluding steroid dienone is 4. The molecule has 0 aliphatic heterocycles. The number of carbonyl (C=O) groups is 2. The normalized spacial score (nSPS) is 12.7. The Hall–Kier alpha value is -1.47. The van der Waals surface area contributed by atoms with Gasteiger partial charge >= 0.3 is 19.8 Å². The number of phosphoric ester groups is 1. The zero-order valence-corrected chi connectivity index (χ0v) is 30.4. The van der Waals surface area contributed by atoms with Crippen molar-refractivity contribution >= 4 is 19.8 Å². The van der Waals surface area contributed by atoms with Gasteiger partial charge in [-0.3, -0.25) is 14.1 Å². The molecule has 1 unspecified atom stereocenters. The Labute approximate surface area is 281 Å². The number of hydrogen-bond acceptors (Lipinski definition) is 6. The second kappa shape index (κ2) is 33.4. The van der Waals surface area contributed by atoms with Crippen molar-refractivity contribution in [3.05, 3.63) is 24.3 Å². The standard InChI is InChI=1S/C37H69O8P/c1-3-5-7-9-11-13-15-17-18-20-22-24-26-28-30-32-37(39)45-35(34-44-46(40,41)42)33-43-36(38)31-29-27-25-23-21-19-16-14-12-10-8-6-4-2/h11,13,17-18,35H,3-10,12,14-16,19-34H2,1-2H3,(H2,40,41,42). The first kappa shape index (κ1) is 44.5. The molecule has 0 spiro atoms. The van der Waals surface area contributed by atoms with Crippen LogP contribution in [-0.2, 0) is 28.2 Å². The van der Waals surface area contributed by atoms with Crippen LogP contribution in [-0.4, -0.2) is 41.0 Å². The van der Waals surface area contributed by atoms with Gasteiger partial charge in [-0.05, 0) is 44.9 Å². The zero-order valence-electron chi connectivity index (χ0n) is 29.5. The molecule has 270 valence electrons. The summed E-state index contributed by atoms with van der Waals surface area (Å²) in [5.41, 5.74) is 0. The van der Waals surface area contributed by atoms with E-state index in [1.165, 1.54) is 89.9 Å². The highest BCUT2D eigenvalue weighted by atomic mass is 31.2. The summed E-state index contributed by atoms with van der Waals surface area (Å²) < 4.78 is 26.3. The minimum absolute atomic E-state index is 0.198. The van der Waals surface area contributed by atoms with Gasteiger partial charge in [0, 0.05) is 12.8 Å². The van der Waals surface area contributed by atoms with E-state index in [9.17, 15) is 14.2 Å². The van der Waals surface area contributed by atoms with Gasteiger partial charge in [-0.25, -0.2) is 4.57 Å². The number of hydrogen-bond donors (Lipinski definition) is 2. The largest absolute Gasteiger partial charge is 0.469 e. The summed E-state index contributed by atoms with van der Waals surface area (Å²) in [6.45, 7) is 3.64. The summed E-state index contributed by atoms with van der Waals surface area (Å²) in [5, 5.41) is 0. The van der Waals surface area contributed by atoms with Crippen molar-refractivity contribution in [1.82, 2.24) is 0 Å². The molecule has 0 aromatic rings. The summed E-state index contributed by atoms with van der Waals surface area (Å²) in [5.74, 6) is -0.897. The van der Waals surface area contributed by atoms with Crippen LogP contribution in [0.5, 0.6) is 0 Å². The number of carbonyl (C=O) groups excluding carboxylic acids is 2. The third-order valence-corrected chi connectivity index (χ3v) is 8.46. The maximum atomic E-state index is 12.3. The van der Waals surface area contributed by atoms with Crippen molar-refractivity contribution in [1.29, 1.82) is 0 Å². The van der Waals surface area contributed by atoms with E-state index in [0.717, 1.165) is 57.8 Å². The molecule has 0 aliphatic rings. The van der Waals surface area contributed by atoms with Crippen LogP contribution in [0.15, 0.2) is 24.3 Å². The quantitative estimate of drug-likeness (QED) is 0.0300. The molecule has 9 heteroatoms. The van der Waals surface area contributed by atoms with Crippen molar-refractivity contribution in [2.24, 2.45) is 0 Å². The molecule has 0 saturated heterocycles. The SMILES string of the molecule is CCCCCC=CCC=CCCCCCCCC(=O)OC(COC(=O)CCCCCCCCCCCCCCC)COP(=O)(O)O. The second-order valence-corrected chi connectivity index (χ2v) is 13.8. The van der Waals surface area contributed by atoms with Gasteiger partial charge in [0.05, 0.1) is 6.61 Å². The fourth-order valence-electron chi connectivity index (χ4n) is 5.17. The van der Waals surface area contributed by atoms with Crippen molar-refractivity contribution in [3.63, 3.8) is 0 Å². The summed E-state index contributed by atoms with van der Waals surface area (Å²) in [6.07, 6.45) is 36.1. The average Bonchev–Trinajstić information content (AvgIpc) is 3.02. The van der Waals surface area contributed by atoms with Gasteiger partial charge in [-0.1, -0.05) is 147 Å². The predicted molar refractivity (Wildman–Crippen MR) is 189 cm³/mol. The van der Waals surface area contributed by atoms with Crippen LogP contribution < -0.4 is 0 Å². The summed E-state index contributed by atoms with van der Waals surface area (Å²) >= 11 is 0. The Morgan fingerprint density at radius 2 is 0.978 bits per heavy atom. The van der Waals surface area contributed by atoms with Crippen LogP contribution in [0.25, 0.3) is 0 Å². The topological polar surface area (TPSA) is 119 Å². The lowest BCUT2D eigenvalue weighted by Gasteiger charge is -2.18. The van der Waals surface area contributed by atoms with E-state index >= 15 is 0 Å². The average molecular weight is 673 g/mol. The molecule has 0 heterocycles. The third-order valence-electron chi connectivity index (χ3n) is 7.97. The van der Waals surface area contributed by atoms with Crippen LogP contribution in [0.1, 0.15) is 181 Å². The van der Waals surface area contributed by atoms with E-state index < -0.39 is 32.5 Å². The Morgan fingerprint density at radius 1 is 0.565 bits per heavy atom. The molecule has 0 bridgehead atoms. The van der Waals surface area contributed by atoms with Crippen LogP contribution in [0.2, 0.25) is 0 Å². The smallest absolute Gasteiger partial charge is 0.462 e. The zero-order chi connectivity index (χ0) is 34.0. The Morgan fingerprint density at radius 3 is 1.48 bits per heavy atom. The highest BCUT2D eigenvalue weighted by Crippen LogP contribution is 2.36. The number of rotatable bonds is 34. The fourth-order valence-corrected chi connectivity index (χ4v) is 5.53. The van der Waals surface area contributed by atoms with Crippen molar-refractivity contribution < 1.29 is 37.9 Å². The molecule has 0 radical (unpaired) electrons. The Balaban J connectivity index is 3.99. The van der Waals surface area contributed by atoms with Gasteiger partial charge < -0.3 is 19.3 Å². The molecule has 0 saturated carbocycles. The molecule has 2 N–H and O–H groups in total. The molecule has 0 fully saturated rings. The summed E-state index contributed by atoms with van der Waals surface area (Å²) in [7, 11) is -4.75. The van der Waals surface area contributed by atoms with Crippen LogP contribution in [0.3, 0.4) is 0 Å². The molecular formula is C37H69O8P. The molecule has 0 amide bonds. The van der Waals surface area contributed by atoms with Gasteiger partial charge in [0.1, 0.15) is 6.61 Å². The number of esters is 2.